The fourth-order valence-corrected chi connectivity index (χ4v) is 2.02. The third-order valence-electron chi connectivity index (χ3n) is 3.22. The van der Waals surface area contributed by atoms with Crippen LogP contribution in [0.4, 0.5) is 0 Å². The molecule has 0 heterocycles. The van der Waals surface area contributed by atoms with Crippen LogP contribution in [0.3, 0.4) is 0 Å². The summed E-state index contributed by atoms with van der Waals surface area (Å²) in [5.41, 5.74) is 7.05. The lowest BCUT2D eigenvalue weighted by atomic mass is 9.96. The first-order valence-electron chi connectivity index (χ1n) is 6.77. The predicted octanol–water partition coefficient (Wildman–Crippen LogP) is 2.42. The van der Waals surface area contributed by atoms with E-state index in [9.17, 15) is 4.79 Å². The third-order valence-corrected chi connectivity index (χ3v) is 3.22. The average Bonchev–Trinajstić information content (AvgIpc) is 2.40. The Morgan fingerprint density at radius 3 is 2.50 bits per heavy atom. The molecule has 1 rings (SSSR count). The summed E-state index contributed by atoms with van der Waals surface area (Å²) in [4.78, 5) is 11.7. The summed E-state index contributed by atoms with van der Waals surface area (Å²) in [6.07, 6.45) is 2.69. The molecule has 3 heteroatoms. The SMILES string of the molecule is CCCC(N)C(=O)NCC(CC)c1ccccc1. The van der Waals surface area contributed by atoms with E-state index in [1.807, 2.05) is 25.1 Å². The van der Waals surface area contributed by atoms with E-state index in [1.54, 1.807) is 0 Å². The lowest BCUT2D eigenvalue weighted by Gasteiger charge is -2.18. The van der Waals surface area contributed by atoms with Crippen molar-refractivity contribution >= 4 is 5.91 Å². The van der Waals surface area contributed by atoms with Crippen molar-refractivity contribution in [3.8, 4) is 0 Å². The average molecular weight is 248 g/mol. The van der Waals surface area contributed by atoms with Crippen molar-refractivity contribution in [3.05, 3.63) is 35.9 Å². The van der Waals surface area contributed by atoms with E-state index < -0.39 is 0 Å². The molecule has 1 amide bonds. The first-order chi connectivity index (χ1) is 8.69. The van der Waals surface area contributed by atoms with E-state index in [4.69, 9.17) is 5.73 Å². The Balaban J connectivity index is 2.48. The number of benzene rings is 1. The van der Waals surface area contributed by atoms with Crippen molar-refractivity contribution in [3.63, 3.8) is 0 Å². The minimum atomic E-state index is -0.372. The fraction of sp³-hybridized carbons (Fsp3) is 0.533. The second kappa shape index (κ2) is 7.88. The van der Waals surface area contributed by atoms with Crippen molar-refractivity contribution in [1.82, 2.24) is 5.32 Å². The lowest BCUT2D eigenvalue weighted by Crippen LogP contribution is -2.41. The van der Waals surface area contributed by atoms with Crippen LogP contribution in [0.1, 0.15) is 44.6 Å². The monoisotopic (exact) mass is 248 g/mol. The molecule has 2 atom stereocenters. The van der Waals surface area contributed by atoms with Gasteiger partial charge in [0.2, 0.25) is 5.91 Å². The second-order valence-electron chi connectivity index (χ2n) is 4.66. The van der Waals surface area contributed by atoms with E-state index in [-0.39, 0.29) is 11.9 Å². The maximum absolute atomic E-state index is 11.7. The van der Waals surface area contributed by atoms with Crippen molar-refractivity contribution < 1.29 is 4.79 Å². The largest absolute Gasteiger partial charge is 0.354 e. The molecule has 0 aromatic heterocycles. The second-order valence-corrected chi connectivity index (χ2v) is 4.66. The molecule has 3 N–H and O–H groups in total. The van der Waals surface area contributed by atoms with Crippen molar-refractivity contribution in [2.45, 2.75) is 45.1 Å². The van der Waals surface area contributed by atoms with Gasteiger partial charge in [-0.25, -0.2) is 0 Å². The number of hydrogen-bond acceptors (Lipinski definition) is 2. The van der Waals surface area contributed by atoms with Crippen LogP contribution in [0.15, 0.2) is 30.3 Å². The number of amides is 1. The topological polar surface area (TPSA) is 55.1 Å². The highest BCUT2D eigenvalue weighted by Crippen LogP contribution is 2.17. The molecule has 0 aliphatic heterocycles. The Morgan fingerprint density at radius 2 is 1.94 bits per heavy atom. The molecule has 0 aliphatic rings. The molecule has 0 saturated carbocycles. The Labute approximate surface area is 110 Å². The zero-order valence-electron chi connectivity index (χ0n) is 11.4. The minimum Gasteiger partial charge on any atom is -0.354 e. The molecule has 0 spiro atoms. The molecule has 1 aromatic carbocycles. The lowest BCUT2D eigenvalue weighted by molar-refractivity contribution is -0.122. The molecule has 18 heavy (non-hydrogen) atoms. The molecule has 100 valence electrons. The van der Waals surface area contributed by atoms with E-state index in [2.05, 4.69) is 24.4 Å². The van der Waals surface area contributed by atoms with Crippen LogP contribution >= 0.6 is 0 Å². The first kappa shape index (κ1) is 14.7. The summed E-state index contributed by atoms with van der Waals surface area (Å²) in [6.45, 7) is 4.83. The standard InChI is InChI=1S/C15H24N2O/c1-3-8-14(16)15(18)17-11-12(4-2)13-9-6-5-7-10-13/h5-7,9-10,12,14H,3-4,8,11,16H2,1-2H3,(H,17,18). The van der Waals surface area contributed by atoms with E-state index >= 15 is 0 Å². The van der Waals surface area contributed by atoms with Gasteiger partial charge in [-0.1, -0.05) is 50.6 Å². The van der Waals surface area contributed by atoms with Gasteiger partial charge in [0, 0.05) is 12.5 Å². The summed E-state index contributed by atoms with van der Waals surface area (Å²) in [5.74, 6) is 0.329. The smallest absolute Gasteiger partial charge is 0.236 e. The van der Waals surface area contributed by atoms with Gasteiger partial charge in [-0.3, -0.25) is 4.79 Å². The number of nitrogens with two attached hydrogens (primary N) is 1. The third kappa shape index (κ3) is 4.49. The van der Waals surface area contributed by atoms with Crippen LogP contribution in [-0.2, 0) is 4.79 Å². The van der Waals surface area contributed by atoms with Crippen molar-refractivity contribution in [2.75, 3.05) is 6.54 Å². The van der Waals surface area contributed by atoms with Crippen LogP contribution in [0, 0.1) is 0 Å². The van der Waals surface area contributed by atoms with Gasteiger partial charge < -0.3 is 11.1 Å². The molecule has 0 bridgehead atoms. The molecular formula is C15H24N2O. The van der Waals surface area contributed by atoms with Crippen molar-refractivity contribution in [1.29, 1.82) is 0 Å². The summed E-state index contributed by atoms with van der Waals surface area (Å²) in [5, 5.41) is 2.95. The van der Waals surface area contributed by atoms with Crippen molar-refractivity contribution in [2.24, 2.45) is 5.73 Å². The number of carbonyl (C=O) groups is 1. The van der Waals surface area contributed by atoms with E-state index in [0.717, 1.165) is 19.3 Å². The molecule has 2 unspecified atom stereocenters. The number of nitrogens with one attached hydrogen (secondary N) is 1. The van der Waals surface area contributed by atoms with Gasteiger partial charge in [0.25, 0.3) is 0 Å². The number of hydrogen-bond donors (Lipinski definition) is 2. The van der Waals surface area contributed by atoms with Crippen LogP contribution in [-0.4, -0.2) is 18.5 Å². The summed E-state index contributed by atoms with van der Waals surface area (Å²) >= 11 is 0. The summed E-state index contributed by atoms with van der Waals surface area (Å²) < 4.78 is 0. The quantitative estimate of drug-likeness (QED) is 0.778. The van der Waals surface area contributed by atoms with Gasteiger partial charge in [0.15, 0.2) is 0 Å². The first-order valence-corrected chi connectivity index (χ1v) is 6.77. The molecule has 3 nitrogen and oxygen atoms in total. The van der Waals surface area contributed by atoms with Crippen LogP contribution in [0.25, 0.3) is 0 Å². The van der Waals surface area contributed by atoms with Crippen LogP contribution < -0.4 is 11.1 Å². The van der Waals surface area contributed by atoms with Crippen LogP contribution in [0.5, 0.6) is 0 Å². The van der Waals surface area contributed by atoms with E-state index in [0.29, 0.717) is 12.5 Å². The van der Waals surface area contributed by atoms with Crippen LogP contribution in [0.2, 0.25) is 0 Å². The molecule has 0 aliphatic carbocycles. The Kier molecular flexibility index (Phi) is 6.44. The Hall–Kier alpha value is -1.35. The Morgan fingerprint density at radius 1 is 1.28 bits per heavy atom. The van der Waals surface area contributed by atoms with Gasteiger partial charge in [-0.05, 0) is 18.4 Å². The van der Waals surface area contributed by atoms with Gasteiger partial charge in [-0.2, -0.15) is 0 Å². The Bertz CT molecular complexity index is 351. The highest BCUT2D eigenvalue weighted by atomic mass is 16.2. The normalized spacial score (nSPS) is 13.9. The predicted molar refractivity (Wildman–Crippen MR) is 75.4 cm³/mol. The number of rotatable bonds is 7. The summed E-state index contributed by atoms with van der Waals surface area (Å²) in [7, 11) is 0. The molecular weight excluding hydrogens is 224 g/mol. The highest BCUT2D eigenvalue weighted by Gasteiger charge is 2.14. The van der Waals surface area contributed by atoms with Gasteiger partial charge >= 0.3 is 0 Å². The molecule has 0 fully saturated rings. The highest BCUT2D eigenvalue weighted by molar-refractivity contribution is 5.81. The van der Waals surface area contributed by atoms with Gasteiger partial charge in [-0.15, -0.1) is 0 Å². The molecule has 0 radical (unpaired) electrons. The van der Waals surface area contributed by atoms with Gasteiger partial charge in [0.1, 0.15) is 0 Å². The minimum absolute atomic E-state index is 0.0359. The number of carbonyl (C=O) groups excluding carboxylic acids is 1. The zero-order valence-corrected chi connectivity index (χ0v) is 11.4. The molecule has 0 saturated heterocycles. The van der Waals surface area contributed by atoms with Gasteiger partial charge in [0.05, 0.1) is 6.04 Å². The fourth-order valence-electron chi connectivity index (χ4n) is 2.02. The van der Waals surface area contributed by atoms with E-state index in [1.165, 1.54) is 5.56 Å². The summed E-state index contributed by atoms with van der Waals surface area (Å²) in [6, 6.07) is 9.90. The molecule has 1 aromatic rings. The maximum Gasteiger partial charge on any atom is 0.236 e. The maximum atomic E-state index is 11.7. The zero-order chi connectivity index (χ0) is 13.4.